The number of carbonyl (C=O) groups excluding carboxylic acids is 3. The lowest BCUT2D eigenvalue weighted by molar-refractivity contribution is -0.167. The van der Waals surface area contributed by atoms with E-state index in [1.165, 1.54) is 173 Å². The summed E-state index contributed by atoms with van der Waals surface area (Å²) in [5.41, 5.74) is 0. The van der Waals surface area contributed by atoms with Gasteiger partial charge in [0.1, 0.15) is 13.2 Å². The second-order valence-electron chi connectivity index (χ2n) is 18.8. The normalized spacial score (nSPS) is 12.5. The van der Waals surface area contributed by atoms with Crippen molar-refractivity contribution in [3.8, 4) is 0 Å². The summed E-state index contributed by atoms with van der Waals surface area (Å²) in [6.45, 7) is 6.58. The van der Waals surface area contributed by atoms with Crippen LogP contribution >= 0.6 is 0 Å². The first kappa shape index (κ1) is 63.1. The number of rotatable bonds is 51. The highest BCUT2D eigenvalue weighted by Gasteiger charge is 2.19. The molecule has 0 unspecified atom stereocenters. The molecule has 0 aromatic carbocycles. The fraction of sp³-hybridized carbons (Fsp3) is 0.783. The third kappa shape index (κ3) is 52.1. The first-order chi connectivity index (χ1) is 32.5. The summed E-state index contributed by atoms with van der Waals surface area (Å²) in [5.74, 6) is -0.943. The highest BCUT2D eigenvalue weighted by Crippen LogP contribution is 2.15. The maximum absolute atomic E-state index is 12.8. The van der Waals surface area contributed by atoms with Crippen molar-refractivity contribution in [1.82, 2.24) is 0 Å². The summed E-state index contributed by atoms with van der Waals surface area (Å²) in [6.07, 6.45) is 67.8. The van der Waals surface area contributed by atoms with Crippen LogP contribution in [0.3, 0.4) is 0 Å². The van der Waals surface area contributed by atoms with Crippen molar-refractivity contribution in [2.75, 3.05) is 13.2 Å². The zero-order valence-corrected chi connectivity index (χ0v) is 43.7. The molecule has 0 aliphatic heterocycles. The Morgan fingerprint density at radius 2 is 0.561 bits per heavy atom. The third-order valence-corrected chi connectivity index (χ3v) is 12.2. The van der Waals surface area contributed by atoms with Gasteiger partial charge < -0.3 is 14.2 Å². The second kappa shape index (κ2) is 54.7. The van der Waals surface area contributed by atoms with Crippen molar-refractivity contribution < 1.29 is 28.6 Å². The van der Waals surface area contributed by atoms with E-state index in [0.717, 1.165) is 64.2 Å². The van der Waals surface area contributed by atoms with Crippen LogP contribution in [0.5, 0.6) is 0 Å². The van der Waals surface area contributed by atoms with Crippen LogP contribution in [0.15, 0.2) is 60.8 Å². The van der Waals surface area contributed by atoms with Gasteiger partial charge in [0.2, 0.25) is 0 Å². The van der Waals surface area contributed by atoms with Gasteiger partial charge in [0.05, 0.1) is 0 Å². The Bertz CT molecular complexity index is 1200. The minimum atomic E-state index is -0.801. The van der Waals surface area contributed by atoms with E-state index in [9.17, 15) is 14.4 Å². The molecule has 0 saturated heterocycles. The molecule has 0 radical (unpaired) electrons. The highest BCUT2D eigenvalue weighted by molar-refractivity contribution is 5.71. The summed E-state index contributed by atoms with van der Waals surface area (Å²) in [7, 11) is 0. The molecular formula is C60H106O6. The number of ether oxygens (including phenoxy) is 3. The zero-order valence-electron chi connectivity index (χ0n) is 43.7. The molecule has 0 aliphatic carbocycles. The first-order valence-corrected chi connectivity index (χ1v) is 28.3. The van der Waals surface area contributed by atoms with Gasteiger partial charge in [0.15, 0.2) is 6.10 Å². The van der Waals surface area contributed by atoms with Gasteiger partial charge in [-0.2, -0.15) is 0 Å². The molecular weight excluding hydrogens is 817 g/mol. The first-order valence-electron chi connectivity index (χ1n) is 28.3. The van der Waals surface area contributed by atoms with E-state index in [0.29, 0.717) is 19.3 Å². The van der Waals surface area contributed by atoms with Gasteiger partial charge in [-0.15, -0.1) is 0 Å². The Hall–Kier alpha value is -2.89. The Morgan fingerprint density at radius 3 is 0.939 bits per heavy atom. The van der Waals surface area contributed by atoms with E-state index in [-0.39, 0.29) is 37.5 Å². The number of carbonyl (C=O) groups is 3. The van der Waals surface area contributed by atoms with Gasteiger partial charge in [-0.25, -0.2) is 0 Å². The fourth-order valence-corrected chi connectivity index (χ4v) is 7.96. The summed E-state index contributed by atoms with van der Waals surface area (Å²) in [4.78, 5) is 38.1. The molecule has 6 heteroatoms. The van der Waals surface area contributed by atoms with Gasteiger partial charge in [0, 0.05) is 19.3 Å². The molecule has 0 aromatic rings. The summed E-state index contributed by atoms with van der Waals surface area (Å²) < 4.78 is 16.8. The molecule has 0 aliphatic rings. The molecule has 0 amide bonds. The van der Waals surface area contributed by atoms with Crippen LogP contribution < -0.4 is 0 Å². The van der Waals surface area contributed by atoms with Crippen LogP contribution in [-0.2, 0) is 28.6 Å². The topological polar surface area (TPSA) is 78.9 Å². The molecule has 0 rings (SSSR count). The highest BCUT2D eigenvalue weighted by atomic mass is 16.6. The van der Waals surface area contributed by atoms with Crippen molar-refractivity contribution in [3.63, 3.8) is 0 Å². The molecule has 0 saturated carbocycles. The third-order valence-electron chi connectivity index (χ3n) is 12.2. The standard InChI is InChI=1S/C60H106O6/c1-4-7-10-13-16-19-22-25-27-29-30-32-33-35-38-41-44-47-50-53-59(62)65-56-57(55-64-58(61)52-49-46-43-40-37-24-21-18-15-12-9-6-3)66-60(63)54-51-48-45-42-39-36-34-31-28-26-23-20-17-14-11-8-5-2/h17,20,25-28,34,36,42,45,57H,4-16,18-19,21-24,29-33,35,37-41,43-44,46-56H2,1-3H3/b20-17-,27-25-,28-26-,36-34-,45-42-/t57-/m0/s1. The smallest absolute Gasteiger partial charge is 0.306 e. The molecule has 1 atom stereocenters. The van der Waals surface area contributed by atoms with Crippen LogP contribution in [0, 0.1) is 0 Å². The summed E-state index contributed by atoms with van der Waals surface area (Å²) >= 11 is 0. The monoisotopic (exact) mass is 923 g/mol. The number of hydrogen-bond donors (Lipinski definition) is 0. The predicted octanol–water partition coefficient (Wildman–Crippen LogP) is 18.8. The number of esters is 3. The number of hydrogen-bond acceptors (Lipinski definition) is 6. The fourth-order valence-electron chi connectivity index (χ4n) is 7.96. The average Bonchev–Trinajstić information content (AvgIpc) is 3.31. The lowest BCUT2D eigenvalue weighted by atomic mass is 10.0. The van der Waals surface area contributed by atoms with Gasteiger partial charge in [-0.1, -0.05) is 242 Å². The molecule has 0 fully saturated rings. The van der Waals surface area contributed by atoms with Crippen LogP contribution in [-0.4, -0.2) is 37.2 Å². The van der Waals surface area contributed by atoms with Crippen LogP contribution in [0.4, 0.5) is 0 Å². The van der Waals surface area contributed by atoms with Gasteiger partial charge in [-0.3, -0.25) is 14.4 Å². The molecule has 0 aromatic heterocycles. The van der Waals surface area contributed by atoms with E-state index < -0.39 is 6.10 Å². The van der Waals surface area contributed by atoms with Crippen molar-refractivity contribution >= 4 is 17.9 Å². The van der Waals surface area contributed by atoms with E-state index in [4.69, 9.17) is 14.2 Å². The van der Waals surface area contributed by atoms with Crippen LogP contribution in [0.1, 0.15) is 284 Å². The molecule has 6 nitrogen and oxygen atoms in total. The Kier molecular flexibility index (Phi) is 52.3. The summed E-state index contributed by atoms with van der Waals surface area (Å²) in [6, 6.07) is 0. The largest absolute Gasteiger partial charge is 0.462 e. The maximum Gasteiger partial charge on any atom is 0.306 e. The predicted molar refractivity (Wildman–Crippen MR) is 284 cm³/mol. The Morgan fingerprint density at radius 1 is 0.303 bits per heavy atom. The van der Waals surface area contributed by atoms with E-state index in [1.807, 2.05) is 0 Å². The van der Waals surface area contributed by atoms with E-state index in [2.05, 4.69) is 81.5 Å². The Balaban J connectivity index is 4.41. The molecule has 0 bridgehead atoms. The van der Waals surface area contributed by atoms with Crippen LogP contribution in [0.2, 0.25) is 0 Å². The van der Waals surface area contributed by atoms with Gasteiger partial charge >= 0.3 is 17.9 Å². The lowest BCUT2D eigenvalue weighted by Crippen LogP contribution is -2.30. The van der Waals surface area contributed by atoms with Crippen molar-refractivity contribution in [2.24, 2.45) is 0 Å². The molecule has 0 spiro atoms. The van der Waals surface area contributed by atoms with E-state index >= 15 is 0 Å². The summed E-state index contributed by atoms with van der Waals surface area (Å²) in [5, 5.41) is 0. The van der Waals surface area contributed by atoms with Gasteiger partial charge in [-0.05, 0) is 83.5 Å². The minimum absolute atomic E-state index is 0.0940. The van der Waals surface area contributed by atoms with E-state index in [1.54, 1.807) is 0 Å². The second-order valence-corrected chi connectivity index (χ2v) is 18.8. The van der Waals surface area contributed by atoms with Crippen molar-refractivity contribution in [3.05, 3.63) is 60.8 Å². The number of unbranched alkanes of at least 4 members (excludes halogenated alkanes) is 30. The Labute approximate surface area is 409 Å². The zero-order chi connectivity index (χ0) is 47.9. The average molecular weight is 924 g/mol. The number of allylic oxidation sites excluding steroid dienone is 10. The molecule has 66 heavy (non-hydrogen) atoms. The lowest BCUT2D eigenvalue weighted by Gasteiger charge is -2.18. The van der Waals surface area contributed by atoms with Crippen molar-refractivity contribution in [1.29, 1.82) is 0 Å². The van der Waals surface area contributed by atoms with Crippen molar-refractivity contribution in [2.45, 2.75) is 290 Å². The molecule has 382 valence electrons. The minimum Gasteiger partial charge on any atom is -0.462 e. The van der Waals surface area contributed by atoms with Gasteiger partial charge in [0.25, 0.3) is 0 Å². The SMILES string of the molecule is CCCCC/C=C\C/C=C\C/C=C\C/C=C\CCCC(=O)O[C@H](COC(=O)CCCCCCCCCCC/C=C\CCCCCCCC)COC(=O)CCCCCCCCCCCCCC. The maximum atomic E-state index is 12.8. The molecule has 0 heterocycles. The molecule has 0 N–H and O–H groups in total. The van der Waals surface area contributed by atoms with Crippen LogP contribution in [0.25, 0.3) is 0 Å². The quantitative estimate of drug-likeness (QED) is 0.0262.